The molecule has 0 bridgehead atoms. The largest absolute Gasteiger partial charge is 0.303 e. The smallest absolute Gasteiger partial charge is 0.0124 e. The fraction of sp³-hybridized carbons (Fsp3) is 1.00. The van der Waals surface area contributed by atoms with E-state index in [1.807, 2.05) is 0 Å². The second kappa shape index (κ2) is 3.37. The summed E-state index contributed by atoms with van der Waals surface area (Å²) in [5.41, 5.74) is 0. The van der Waals surface area contributed by atoms with Crippen molar-refractivity contribution in [2.75, 3.05) is 13.6 Å². The molecule has 1 heteroatoms. The summed E-state index contributed by atoms with van der Waals surface area (Å²) in [4.78, 5) is 2.61. The van der Waals surface area contributed by atoms with E-state index in [2.05, 4.69) is 18.9 Å². The number of hydrogen-bond donors (Lipinski definition) is 0. The zero-order chi connectivity index (χ0) is 8.55. The molecule has 2 aliphatic rings. The molecule has 70 valence electrons. The van der Waals surface area contributed by atoms with Gasteiger partial charge in [-0.1, -0.05) is 26.2 Å². The molecule has 0 spiro atoms. The van der Waals surface area contributed by atoms with Gasteiger partial charge in [-0.2, -0.15) is 0 Å². The molecule has 2 rings (SSSR count). The fourth-order valence-electron chi connectivity index (χ4n) is 3.31. The molecule has 1 aliphatic heterocycles. The third-order valence-corrected chi connectivity index (χ3v) is 4.00. The Labute approximate surface area is 76.1 Å². The van der Waals surface area contributed by atoms with E-state index < -0.39 is 0 Å². The van der Waals surface area contributed by atoms with Gasteiger partial charge in [-0.15, -0.1) is 0 Å². The van der Waals surface area contributed by atoms with Gasteiger partial charge in [-0.25, -0.2) is 0 Å². The Kier molecular flexibility index (Phi) is 2.40. The first-order chi connectivity index (χ1) is 5.83. The number of likely N-dealkylation sites (tertiary alicyclic amines) is 1. The van der Waals surface area contributed by atoms with Gasteiger partial charge in [0.25, 0.3) is 0 Å². The topological polar surface area (TPSA) is 3.24 Å². The maximum atomic E-state index is 2.61. The highest BCUT2D eigenvalue weighted by molar-refractivity contribution is 4.92. The van der Waals surface area contributed by atoms with E-state index in [0.717, 1.165) is 17.9 Å². The van der Waals surface area contributed by atoms with E-state index in [1.54, 1.807) is 0 Å². The van der Waals surface area contributed by atoms with Crippen LogP contribution >= 0.6 is 0 Å². The SMILES string of the molecule is CCC1CN(C)C2CCCCC12. The molecular formula is C11H21N. The van der Waals surface area contributed by atoms with Crippen LogP contribution in [0.3, 0.4) is 0 Å². The molecule has 3 unspecified atom stereocenters. The molecule has 0 aromatic heterocycles. The molecule has 1 heterocycles. The Hall–Kier alpha value is -0.0400. The number of rotatable bonds is 1. The normalized spacial score (nSPS) is 43.0. The summed E-state index contributed by atoms with van der Waals surface area (Å²) in [6.07, 6.45) is 7.34. The van der Waals surface area contributed by atoms with Crippen LogP contribution in [-0.2, 0) is 0 Å². The van der Waals surface area contributed by atoms with E-state index >= 15 is 0 Å². The minimum atomic E-state index is 0.948. The van der Waals surface area contributed by atoms with E-state index in [1.165, 1.54) is 38.6 Å². The van der Waals surface area contributed by atoms with E-state index in [-0.39, 0.29) is 0 Å². The summed E-state index contributed by atoms with van der Waals surface area (Å²) in [7, 11) is 2.32. The summed E-state index contributed by atoms with van der Waals surface area (Å²) in [5, 5.41) is 0. The van der Waals surface area contributed by atoms with Gasteiger partial charge in [-0.3, -0.25) is 0 Å². The summed E-state index contributed by atoms with van der Waals surface area (Å²) in [6, 6.07) is 0.948. The lowest BCUT2D eigenvalue weighted by molar-refractivity contribution is 0.205. The third kappa shape index (κ3) is 1.28. The molecule has 1 aliphatic carbocycles. The van der Waals surface area contributed by atoms with Crippen molar-refractivity contribution in [2.24, 2.45) is 11.8 Å². The summed E-state index contributed by atoms with van der Waals surface area (Å²) in [6.45, 7) is 3.72. The van der Waals surface area contributed by atoms with Crippen LogP contribution in [0.1, 0.15) is 39.0 Å². The van der Waals surface area contributed by atoms with Crippen molar-refractivity contribution in [3.8, 4) is 0 Å². The first-order valence-corrected chi connectivity index (χ1v) is 5.53. The predicted molar refractivity (Wildman–Crippen MR) is 52.2 cm³/mol. The molecular weight excluding hydrogens is 146 g/mol. The molecule has 2 fully saturated rings. The average Bonchev–Trinajstić information content (AvgIpc) is 2.44. The molecule has 1 saturated heterocycles. The van der Waals surface area contributed by atoms with Crippen LogP contribution in [0, 0.1) is 11.8 Å². The number of hydrogen-bond acceptors (Lipinski definition) is 1. The van der Waals surface area contributed by atoms with Crippen molar-refractivity contribution < 1.29 is 0 Å². The third-order valence-electron chi connectivity index (χ3n) is 4.00. The van der Waals surface area contributed by atoms with Crippen LogP contribution in [-0.4, -0.2) is 24.5 Å². The highest BCUT2D eigenvalue weighted by atomic mass is 15.2. The van der Waals surface area contributed by atoms with Crippen LogP contribution in [0.4, 0.5) is 0 Å². The van der Waals surface area contributed by atoms with Gasteiger partial charge in [0.15, 0.2) is 0 Å². The minimum absolute atomic E-state index is 0.948. The molecule has 0 amide bonds. The Morgan fingerprint density at radius 3 is 2.75 bits per heavy atom. The van der Waals surface area contributed by atoms with Gasteiger partial charge in [-0.05, 0) is 31.7 Å². The first kappa shape index (κ1) is 8.55. The van der Waals surface area contributed by atoms with Crippen molar-refractivity contribution in [3.63, 3.8) is 0 Å². The molecule has 3 atom stereocenters. The first-order valence-electron chi connectivity index (χ1n) is 5.53. The van der Waals surface area contributed by atoms with Crippen molar-refractivity contribution in [3.05, 3.63) is 0 Å². The quantitative estimate of drug-likeness (QED) is 0.580. The maximum absolute atomic E-state index is 2.61. The monoisotopic (exact) mass is 167 g/mol. The standard InChI is InChI=1S/C11H21N/c1-3-9-8-12(2)11-7-5-4-6-10(9)11/h9-11H,3-8H2,1-2H3. The van der Waals surface area contributed by atoms with Crippen molar-refractivity contribution in [1.29, 1.82) is 0 Å². The van der Waals surface area contributed by atoms with E-state index in [9.17, 15) is 0 Å². The van der Waals surface area contributed by atoms with Gasteiger partial charge in [0.2, 0.25) is 0 Å². The highest BCUT2D eigenvalue weighted by Crippen LogP contribution is 2.40. The Morgan fingerprint density at radius 1 is 1.25 bits per heavy atom. The van der Waals surface area contributed by atoms with Crippen LogP contribution in [0.25, 0.3) is 0 Å². The van der Waals surface area contributed by atoms with Gasteiger partial charge in [0, 0.05) is 12.6 Å². The van der Waals surface area contributed by atoms with Gasteiger partial charge < -0.3 is 4.90 Å². The minimum Gasteiger partial charge on any atom is -0.303 e. The number of nitrogens with zero attached hydrogens (tertiary/aromatic N) is 1. The lowest BCUT2D eigenvalue weighted by Gasteiger charge is -2.30. The number of fused-ring (bicyclic) bond motifs is 1. The lowest BCUT2D eigenvalue weighted by Crippen LogP contribution is -2.31. The second-order valence-corrected chi connectivity index (χ2v) is 4.62. The molecule has 12 heavy (non-hydrogen) atoms. The zero-order valence-corrected chi connectivity index (χ0v) is 8.42. The Morgan fingerprint density at radius 2 is 2.00 bits per heavy atom. The van der Waals surface area contributed by atoms with Crippen LogP contribution in [0.5, 0.6) is 0 Å². The van der Waals surface area contributed by atoms with Crippen LogP contribution in [0.2, 0.25) is 0 Å². The molecule has 0 aromatic rings. The van der Waals surface area contributed by atoms with Gasteiger partial charge in [0.1, 0.15) is 0 Å². The summed E-state index contributed by atoms with van der Waals surface area (Å²) < 4.78 is 0. The van der Waals surface area contributed by atoms with Gasteiger partial charge >= 0.3 is 0 Å². The van der Waals surface area contributed by atoms with Crippen LogP contribution < -0.4 is 0 Å². The van der Waals surface area contributed by atoms with Crippen molar-refractivity contribution in [1.82, 2.24) is 4.90 Å². The lowest BCUT2D eigenvalue weighted by atomic mass is 9.79. The second-order valence-electron chi connectivity index (χ2n) is 4.62. The van der Waals surface area contributed by atoms with E-state index in [0.29, 0.717) is 0 Å². The van der Waals surface area contributed by atoms with E-state index in [4.69, 9.17) is 0 Å². The Balaban J connectivity index is 2.05. The maximum Gasteiger partial charge on any atom is 0.0124 e. The summed E-state index contributed by atoms with van der Waals surface area (Å²) >= 11 is 0. The molecule has 1 nitrogen and oxygen atoms in total. The molecule has 0 aromatic carbocycles. The van der Waals surface area contributed by atoms with Gasteiger partial charge in [0.05, 0.1) is 0 Å². The van der Waals surface area contributed by atoms with Crippen molar-refractivity contribution in [2.45, 2.75) is 45.1 Å². The summed E-state index contributed by atoms with van der Waals surface area (Å²) in [5.74, 6) is 2.06. The predicted octanol–water partition coefficient (Wildman–Crippen LogP) is 2.52. The zero-order valence-electron chi connectivity index (χ0n) is 8.42. The Bertz CT molecular complexity index is 155. The average molecular weight is 167 g/mol. The van der Waals surface area contributed by atoms with Crippen LogP contribution in [0.15, 0.2) is 0 Å². The molecule has 0 radical (unpaired) electrons. The highest BCUT2D eigenvalue weighted by Gasteiger charge is 2.39. The molecule has 0 N–H and O–H groups in total. The fourth-order valence-corrected chi connectivity index (χ4v) is 3.31. The van der Waals surface area contributed by atoms with Crippen molar-refractivity contribution >= 4 is 0 Å². The molecule has 1 saturated carbocycles.